The zero-order valence-corrected chi connectivity index (χ0v) is 12.9. The number of nitrogens with zero attached hydrogens (tertiary/aromatic N) is 2. The van der Waals surface area contributed by atoms with E-state index in [1.165, 1.54) is 5.56 Å². The van der Waals surface area contributed by atoms with Crippen LogP contribution in [0.25, 0.3) is 22.5 Å². The van der Waals surface area contributed by atoms with Crippen molar-refractivity contribution in [2.24, 2.45) is 7.05 Å². The Kier molecular flexibility index (Phi) is 4.31. The average Bonchev–Trinajstić information content (AvgIpc) is 2.86. The SMILES string of the molecule is Cn1ccnc1-c1[c-]cccc1-c1ccccc1.[Ir]. The van der Waals surface area contributed by atoms with E-state index in [1.54, 1.807) is 0 Å². The monoisotopic (exact) mass is 426 g/mol. The molecule has 1 radical (unpaired) electrons. The van der Waals surface area contributed by atoms with Crippen molar-refractivity contribution < 1.29 is 20.1 Å². The van der Waals surface area contributed by atoms with Crippen LogP contribution in [0.15, 0.2) is 60.9 Å². The van der Waals surface area contributed by atoms with Gasteiger partial charge in [-0.2, -0.15) is 0 Å². The Hall–Kier alpha value is -1.70. The van der Waals surface area contributed by atoms with Gasteiger partial charge in [0.2, 0.25) is 0 Å². The van der Waals surface area contributed by atoms with Crippen LogP contribution < -0.4 is 0 Å². The Morgan fingerprint density at radius 3 is 2.53 bits per heavy atom. The largest absolute Gasteiger partial charge is 0.373 e. The van der Waals surface area contributed by atoms with Gasteiger partial charge in [-0.1, -0.05) is 41.5 Å². The first kappa shape index (κ1) is 13.7. The van der Waals surface area contributed by atoms with Gasteiger partial charge in [-0.25, -0.2) is 0 Å². The molecule has 0 aliphatic heterocycles. The maximum atomic E-state index is 4.40. The van der Waals surface area contributed by atoms with Crippen molar-refractivity contribution in [2.75, 3.05) is 0 Å². The smallest absolute Gasteiger partial charge is 0.0561 e. The second-order valence-electron chi connectivity index (χ2n) is 4.19. The molecule has 0 unspecified atom stereocenters. The van der Waals surface area contributed by atoms with Crippen molar-refractivity contribution >= 4 is 0 Å². The van der Waals surface area contributed by atoms with Crippen molar-refractivity contribution in [2.45, 2.75) is 0 Å². The third kappa shape index (κ3) is 2.67. The summed E-state index contributed by atoms with van der Waals surface area (Å²) in [5.74, 6) is 0.939. The van der Waals surface area contributed by atoms with Gasteiger partial charge in [-0.05, 0) is 0 Å². The Bertz CT molecular complexity index is 659. The molecule has 0 amide bonds. The third-order valence-corrected chi connectivity index (χ3v) is 2.99. The van der Waals surface area contributed by atoms with E-state index >= 15 is 0 Å². The third-order valence-electron chi connectivity index (χ3n) is 2.99. The first-order valence-electron chi connectivity index (χ1n) is 5.90. The van der Waals surface area contributed by atoms with Gasteiger partial charge in [0.15, 0.2) is 0 Å². The number of imidazole rings is 1. The molecule has 3 aromatic rings. The molecule has 2 aromatic carbocycles. The van der Waals surface area contributed by atoms with E-state index in [0.717, 1.165) is 17.0 Å². The molecule has 97 valence electrons. The van der Waals surface area contributed by atoms with Gasteiger partial charge in [-0.3, -0.25) is 4.98 Å². The van der Waals surface area contributed by atoms with Gasteiger partial charge in [0.05, 0.1) is 5.82 Å². The van der Waals surface area contributed by atoms with E-state index in [9.17, 15) is 0 Å². The van der Waals surface area contributed by atoms with E-state index in [2.05, 4.69) is 29.2 Å². The maximum absolute atomic E-state index is 4.40. The van der Waals surface area contributed by atoms with Gasteiger partial charge in [0, 0.05) is 39.5 Å². The second kappa shape index (κ2) is 5.96. The van der Waals surface area contributed by atoms with Gasteiger partial charge in [0.25, 0.3) is 0 Å². The van der Waals surface area contributed by atoms with Gasteiger partial charge < -0.3 is 4.57 Å². The second-order valence-corrected chi connectivity index (χ2v) is 4.19. The Morgan fingerprint density at radius 2 is 1.84 bits per heavy atom. The number of aryl methyl sites for hydroxylation is 1. The normalized spacial score (nSPS) is 9.95. The number of rotatable bonds is 2. The summed E-state index contributed by atoms with van der Waals surface area (Å²) < 4.78 is 2.01. The molecule has 2 nitrogen and oxygen atoms in total. The predicted molar refractivity (Wildman–Crippen MR) is 72.9 cm³/mol. The molecule has 0 fully saturated rings. The van der Waals surface area contributed by atoms with E-state index in [-0.39, 0.29) is 20.1 Å². The molecule has 0 atom stereocenters. The fraction of sp³-hybridized carbons (Fsp3) is 0.0625. The minimum absolute atomic E-state index is 0. The Labute approximate surface area is 126 Å². The first-order chi connectivity index (χ1) is 8.86. The minimum atomic E-state index is 0. The number of hydrogen-bond donors (Lipinski definition) is 0. The van der Waals surface area contributed by atoms with Gasteiger partial charge >= 0.3 is 0 Å². The molecule has 0 aliphatic carbocycles. The molecular formula is C16H13IrN2-. The van der Waals surface area contributed by atoms with E-state index < -0.39 is 0 Å². The van der Waals surface area contributed by atoms with Crippen LogP contribution in [0, 0.1) is 6.07 Å². The van der Waals surface area contributed by atoms with Crippen LogP contribution in [0.3, 0.4) is 0 Å². The fourth-order valence-corrected chi connectivity index (χ4v) is 2.09. The summed E-state index contributed by atoms with van der Waals surface area (Å²) in [5.41, 5.74) is 3.39. The Balaban J connectivity index is 0.00000133. The molecule has 19 heavy (non-hydrogen) atoms. The number of hydrogen-bond acceptors (Lipinski definition) is 1. The molecule has 0 saturated carbocycles. The zero-order valence-electron chi connectivity index (χ0n) is 10.5. The van der Waals surface area contributed by atoms with Crippen LogP contribution in [0.5, 0.6) is 0 Å². The molecule has 3 rings (SSSR count). The summed E-state index contributed by atoms with van der Waals surface area (Å²) in [5, 5.41) is 0. The average molecular weight is 426 g/mol. The van der Waals surface area contributed by atoms with Crippen molar-refractivity contribution in [3.05, 3.63) is 67.0 Å². The molecule has 0 saturated heterocycles. The van der Waals surface area contributed by atoms with E-state index in [1.807, 2.05) is 54.3 Å². The number of benzene rings is 2. The van der Waals surface area contributed by atoms with E-state index in [4.69, 9.17) is 0 Å². The van der Waals surface area contributed by atoms with Crippen molar-refractivity contribution in [1.29, 1.82) is 0 Å². The van der Waals surface area contributed by atoms with Crippen LogP contribution >= 0.6 is 0 Å². The van der Waals surface area contributed by atoms with Crippen LogP contribution in [-0.4, -0.2) is 9.55 Å². The molecule has 3 heteroatoms. The minimum Gasteiger partial charge on any atom is -0.373 e. The zero-order chi connectivity index (χ0) is 12.4. The molecule has 1 aromatic heterocycles. The van der Waals surface area contributed by atoms with Crippen LogP contribution in [0.4, 0.5) is 0 Å². The molecule has 1 heterocycles. The fourth-order valence-electron chi connectivity index (χ4n) is 2.09. The summed E-state index contributed by atoms with van der Waals surface area (Å²) in [6.45, 7) is 0. The molecule has 0 N–H and O–H groups in total. The number of aromatic nitrogens is 2. The quantitative estimate of drug-likeness (QED) is 0.575. The molecule has 0 aliphatic rings. The predicted octanol–water partition coefficient (Wildman–Crippen LogP) is 3.55. The summed E-state index contributed by atoms with van der Waals surface area (Å²) in [4.78, 5) is 4.40. The summed E-state index contributed by atoms with van der Waals surface area (Å²) in [7, 11) is 2.00. The summed E-state index contributed by atoms with van der Waals surface area (Å²) in [6.07, 6.45) is 3.76. The summed E-state index contributed by atoms with van der Waals surface area (Å²) >= 11 is 0. The van der Waals surface area contributed by atoms with Crippen molar-refractivity contribution in [3.63, 3.8) is 0 Å². The first-order valence-corrected chi connectivity index (χ1v) is 5.90. The molecule has 0 bridgehead atoms. The maximum Gasteiger partial charge on any atom is 0.0561 e. The van der Waals surface area contributed by atoms with Crippen LogP contribution in [0.2, 0.25) is 0 Å². The van der Waals surface area contributed by atoms with Gasteiger partial charge in [-0.15, -0.1) is 29.8 Å². The molecular weight excluding hydrogens is 412 g/mol. The summed E-state index contributed by atoms with van der Waals surface area (Å²) in [6, 6.07) is 19.7. The Morgan fingerprint density at radius 1 is 1.05 bits per heavy atom. The van der Waals surface area contributed by atoms with E-state index in [0.29, 0.717) is 0 Å². The topological polar surface area (TPSA) is 17.8 Å². The van der Waals surface area contributed by atoms with Gasteiger partial charge in [0.1, 0.15) is 0 Å². The van der Waals surface area contributed by atoms with Crippen LogP contribution in [-0.2, 0) is 27.2 Å². The van der Waals surface area contributed by atoms with Crippen molar-refractivity contribution in [1.82, 2.24) is 9.55 Å². The van der Waals surface area contributed by atoms with Crippen molar-refractivity contribution in [3.8, 4) is 22.5 Å². The molecule has 0 spiro atoms. The standard InChI is InChI=1S/C16H13N2.Ir/c1-18-12-11-17-16(18)15-10-6-5-9-14(15)13-7-3-2-4-8-13;/h2-9,11-12H,1H3;/q-1;. The van der Waals surface area contributed by atoms with Crippen LogP contribution in [0.1, 0.15) is 0 Å².